The van der Waals surface area contributed by atoms with Gasteiger partial charge in [0, 0.05) is 20.2 Å². The first-order valence-corrected chi connectivity index (χ1v) is 14.1. The van der Waals surface area contributed by atoms with Gasteiger partial charge in [0.2, 0.25) is 5.88 Å². The van der Waals surface area contributed by atoms with E-state index in [4.69, 9.17) is 18.4 Å². The molecule has 0 bridgehead atoms. The largest absolute Gasteiger partial charge is 0.476 e. The van der Waals surface area contributed by atoms with Crippen LogP contribution in [0.5, 0.6) is 5.88 Å². The van der Waals surface area contributed by atoms with E-state index in [2.05, 4.69) is 15.2 Å². The van der Waals surface area contributed by atoms with Crippen molar-refractivity contribution in [1.29, 1.82) is 0 Å². The highest BCUT2D eigenvalue weighted by Crippen LogP contribution is 2.40. The van der Waals surface area contributed by atoms with Gasteiger partial charge in [-0.2, -0.15) is 8.42 Å². The molecule has 0 unspecified atom stereocenters. The molecule has 11 nitrogen and oxygen atoms in total. The van der Waals surface area contributed by atoms with E-state index in [1.165, 1.54) is 0 Å². The molecule has 1 aliphatic carbocycles. The monoisotopic (exact) mass is 527 g/mol. The molecule has 0 radical (unpaired) electrons. The number of aromatic nitrogens is 1. The average molecular weight is 528 g/mol. The number of carbonyl (C=O) groups is 2. The zero-order chi connectivity index (χ0) is 26.5. The number of hydrogen-bond acceptors (Lipinski definition) is 10. The Morgan fingerprint density at radius 3 is 2.39 bits per heavy atom. The Morgan fingerprint density at radius 1 is 1.14 bits per heavy atom. The molecule has 1 amide bonds. The Hall–Kier alpha value is -2.44. The Kier molecular flexibility index (Phi) is 9.18. The highest BCUT2D eigenvalue weighted by Gasteiger charge is 2.40. The summed E-state index contributed by atoms with van der Waals surface area (Å²) in [5, 5.41) is 2.83. The molecule has 3 rings (SSSR count). The molecule has 36 heavy (non-hydrogen) atoms. The van der Waals surface area contributed by atoms with Gasteiger partial charge in [-0.05, 0) is 50.2 Å². The fraction of sp³-hybridized carbons (Fsp3) is 0.708. The van der Waals surface area contributed by atoms with Crippen molar-refractivity contribution in [1.82, 2.24) is 10.3 Å². The van der Waals surface area contributed by atoms with Crippen molar-refractivity contribution in [2.24, 2.45) is 11.8 Å². The van der Waals surface area contributed by atoms with E-state index in [1.807, 2.05) is 13.8 Å². The van der Waals surface area contributed by atoms with E-state index < -0.39 is 27.5 Å². The number of anilines is 1. The standard InChI is InChI=1S/C24H37N3O8S/c1-6-24(7-2,23(29)33-8-3)26-21(28)19-9-10-20(27-12-18(13-27)32-4)22(25-19)34-14-16-11-17(16)15-35-36(5,30)31/h9-10,16-18H,6-8,11-15H2,1-5H3,(H,26,28)/t16-,17-/m1/s1. The number of hydrogen-bond donors (Lipinski definition) is 1. The summed E-state index contributed by atoms with van der Waals surface area (Å²) < 4.78 is 44.0. The molecule has 1 saturated heterocycles. The summed E-state index contributed by atoms with van der Waals surface area (Å²) in [5.41, 5.74) is -0.272. The Bertz CT molecular complexity index is 1040. The van der Waals surface area contributed by atoms with Crippen LogP contribution in [0.4, 0.5) is 5.69 Å². The van der Waals surface area contributed by atoms with E-state index in [9.17, 15) is 18.0 Å². The first-order valence-electron chi connectivity index (χ1n) is 12.3. The summed E-state index contributed by atoms with van der Waals surface area (Å²) in [4.78, 5) is 32.3. The van der Waals surface area contributed by atoms with Crippen LogP contribution < -0.4 is 15.0 Å². The lowest BCUT2D eigenvalue weighted by Crippen LogP contribution is -2.54. The zero-order valence-corrected chi connectivity index (χ0v) is 22.4. The van der Waals surface area contributed by atoms with Crippen LogP contribution in [-0.4, -0.2) is 83.2 Å². The number of carbonyl (C=O) groups excluding carboxylic acids is 2. The first-order chi connectivity index (χ1) is 17.1. The van der Waals surface area contributed by atoms with E-state index in [1.54, 1.807) is 26.2 Å². The lowest BCUT2D eigenvalue weighted by Gasteiger charge is -2.40. The maximum Gasteiger partial charge on any atom is 0.331 e. The van der Waals surface area contributed by atoms with Crippen molar-refractivity contribution in [3.63, 3.8) is 0 Å². The molecule has 1 saturated carbocycles. The van der Waals surface area contributed by atoms with Crippen LogP contribution in [0.25, 0.3) is 0 Å². The minimum atomic E-state index is -3.48. The lowest BCUT2D eigenvalue weighted by molar-refractivity contribution is -0.151. The van der Waals surface area contributed by atoms with Gasteiger partial charge >= 0.3 is 5.97 Å². The fourth-order valence-corrected chi connectivity index (χ4v) is 4.54. The van der Waals surface area contributed by atoms with Crippen LogP contribution in [0.3, 0.4) is 0 Å². The zero-order valence-electron chi connectivity index (χ0n) is 21.6. The summed E-state index contributed by atoms with van der Waals surface area (Å²) in [6.45, 7) is 7.38. The molecule has 12 heteroatoms. The number of ether oxygens (including phenoxy) is 3. The summed E-state index contributed by atoms with van der Waals surface area (Å²) in [5.74, 6) is -0.429. The van der Waals surface area contributed by atoms with Gasteiger partial charge in [-0.3, -0.25) is 8.98 Å². The van der Waals surface area contributed by atoms with Crippen molar-refractivity contribution in [3.8, 4) is 5.88 Å². The number of esters is 1. The third-order valence-corrected chi connectivity index (χ3v) is 7.38. The topological polar surface area (TPSA) is 133 Å². The van der Waals surface area contributed by atoms with Gasteiger partial charge in [0.25, 0.3) is 16.0 Å². The fourth-order valence-electron chi connectivity index (χ4n) is 4.12. The van der Waals surface area contributed by atoms with E-state index in [0.29, 0.717) is 38.4 Å². The van der Waals surface area contributed by atoms with E-state index >= 15 is 0 Å². The molecule has 1 aliphatic heterocycles. The molecule has 2 heterocycles. The van der Waals surface area contributed by atoms with Gasteiger partial charge in [-0.1, -0.05) is 13.8 Å². The number of nitrogens with one attached hydrogen (secondary N) is 1. The summed E-state index contributed by atoms with van der Waals surface area (Å²) in [7, 11) is -1.82. The van der Waals surface area contributed by atoms with Gasteiger partial charge in [0.05, 0.1) is 32.2 Å². The summed E-state index contributed by atoms with van der Waals surface area (Å²) in [6.07, 6.45) is 2.68. The Balaban J connectivity index is 1.74. The predicted octanol–water partition coefficient (Wildman–Crippen LogP) is 1.76. The van der Waals surface area contributed by atoms with Gasteiger partial charge in [-0.15, -0.1) is 0 Å². The van der Waals surface area contributed by atoms with Gasteiger partial charge in [0.1, 0.15) is 16.9 Å². The molecule has 2 fully saturated rings. The maximum atomic E-state index is 13.1. The molecule has 2 aliphatic rings. The van der Waals surface area contributed by atoms with Gasteiger partial charge < -0.3 is 24.4 Å². The molecule has 1 aromatic heterocycles. The highest BCUT2D eigenvalue weighted by molar-refractivity contribution is 7.85. The Morgan fingerprint density at radius 2 is 1.81 bits per heavy atom. The Labute approximate surface area is 212 Å². The van der Waals surface area contributed by atoms with Crippen LogP contribution in [0, 0.1) is 11.8 Å². The maximum absolute atomic E-state index is 13.1. The van der Waals surface area contributed by atoms with Crippen LogP contribution in [0.1, 0.15) is 50.5 Å². The number of pyridine rings is 1. The number of nitrogens with zero attached hydrogens (tertiary/aromatic N) is 2. The molecule has 202 valence electrons. The second kappa shape index (κ2) is 11.7. The van der Waals surface area contributed by atoms with Crippen LogP contribution in [0.15, 0.2) is 12.1 Å². The van der Waals surface area contributed by atoms with E-state index in [-0.39, 0.29) is 36.8 Å². The van der Waals surface area contributed by atoms with Crippen molar-refractivity contribution in [3.05, 3.63) is 17.8 Å². The first kappa shape index (κ1) is 28.1. The average Bonchev–Trinajstić information content (AvgIpc) is 3.58. The molecule has 2 atom stereocenters. The van der Waals surface area contributed by atoms with Crippen molar-refractivity contribution in [2.75, 3.05) is 51.2 Å². The third kappa shape index (κ3) is 6.86. The van der Waals surface area contributed by atoms with Gasteiger partial charge in [0.15, 0.2) is 0 Å². The quantitative estimate of drug-likeness (QED) is 0.282. The SMILES string of the molecule is CCOC(=O)C(CC)(CC)NC(=O)c1ccc(N2CC(OC)C2)c(OC[C@H]2C[C@@H]2COS(C)(=O)=O)n1. The second-order valence-electron chi connectivity index (χ2n) is 9.30. The molecular formula is C24H37N3O8S. The summed E-state index contributed by atoms with van der Waals surface area (Å²) in [6, 6.07) is 3.39. The minimum Gasteiger partial charge on any atom is -0.476 e. The lowest BCUT2D eigenvalue weighted by atomic mass is 9.92. The smallest absolute Gasteiger partial charge is 0.331 e. The normalized spacial score (nSPS) is 20.0. The number of amides is 1. The highest BCUT2D eigenvalue weighted by atomic mass is 32.2. The third-order valence-electron chi connectivity index (χ3n) is 6.82. The second-order valence-corrected chi connectivity index (χ2v) is 10.9. The van der Waals surface area contributed by atoms with Crippen molar-refractivity contribution >= 4 is 27.7 Å². The molecule has 1 N–H and O–H groups in total. The minimum absolute atomic E-state index is 0.0934. The van der Waals surface area contributed by atoms with Crippen LogP contribution in [-0.2, 0) is 28.6 Å². The van der Waals surface area contributed by atoms with E-state index in [0.717, 1.165) is 18.4 Å². The van der Waals surface area contributed by atoms with Gasteiger partial charge in [-0.25, -0.2) is 9.78 Å². The van der Waals surface area contributed by atoms with Crippen molar-refractivity contribution < 1.29 is 36.4 Å². The number of methoxy groups -OCH3 is 1. The molecule has 0 spiro atoms. The van der Waals surface area contributed by atoms with Crippen LogP contribution in [0.2, 0.25) is 0 Å². The van der Waals surface area contributed by atoms with Crippen molar-refractivity contribution in [2.45, 2.75) is 51.7 Å². The number of rotatable bonds is 14. The summed E-state index contributed by atoms with van der Waals surface area (Å²) >= 11 is 0. The molecule has 0 aromatic carbocycles. The molecule has 1 aromatic rings. The molecular weight excluding hydrogens is 490 g/mol. The predicted molar refractivity (Wildman–Crippen MR) is 133 cm³/mol. The van der Waals surface area contributed by atoms with Crippen LogP contribution >= 0.6 is 0 Å².